The molecular formula is C21H21F2N7O2S. The third-order valence-corrected chi connectivity index (χ3v) is 6.64. The van der Waals surface area contributed by atoms with Gasteiger partial charge in [-0.3, -0.25) is 19.0 Å². The molecule has 0 unspecified atom stereocenters. The molecule has 0 fully saturated rings. The normalized spacial score (nSPS) is 11.5. The molecule has 4 aromatic rings. The minimum atomic E-state index is -2.83. The molecule has 2 amide bonds. The van der Waals surface area contributed by atoms with Crippen LogP contribution < -0.4 is 11.1 Å². The van der Waals surface area contributed by atoms with Crippen molar-refractivity contribution < 1.29 is 18.4 Å². The van der Waals surface area contributed by atoms with Crippen molar-refractivity contribution in [2.75, 3.05) is 5.32 Å². The number of carbonyl (C=O) groups is 2. The number of thiophene rings is 1. The van der Waals surface area contributed by atoms with Gasteiger partial charge in [0.05, 0.1) is 23.6 Å². The van der Waals surface area contributed by atoms with E-state index in [0.717, 1.165) is 11.3 Å². The molecule has 0 aliphatic rings. The van der Waals surface area contributed by atoms with E-state index in [0.29, 0.717) is 40.0 Å². The van der Waals surface area contributed by atoms with Crippen LogP contribution >= 0.6 is 11.3 Å². The first kappa shape index (κ1) is 22.5. The molecule has 172 valence electrons. The van der Waals surface area contributed by atoms with E-state index in [-0.39, 0.29) is 15.4 Å². The van der Waals surface area contributed by atoms with E-state index in [1.807, 2.05) is 6.92 Å². The lowest BCUT2D eigenvalue weighted by Crippen LogP contribution is -2.17. The lowest BCUT2D eigenvalue weighted by atomic mass is 10.0. The number of nitrogens with two attached hydrogens (primary N) is 1. The van der Waals surface area contributed by atoms with Gasteiger partial charge in [-0.1, -0.05) is 0 Å². The van der Waals surface area contributed by atoms with Gasteiger partial charge in [0, 0.05) is 35.9 Å². The highest BCUT2D eigenvalue weighted by Crippen LogP contribution is 2.43. The molecular weight excluding hydrogens is 452 g/mol. The lowest BCUT2D eigenvalue weighted by molar-refractivity contribution is 0.100. The molecule has 4 rings (SSSR count). The fourth-order valence-corrected chi connectivity index (χ4v) is 4.68. The number of primary amides is 1. The monoisotopic (exact) mass is 473 g/mol. The summed E-state index contributed by atoms with van der Waals surface area (Å²) in [7, 11) is 1.73. The molecule has 4 aromatic heterocycles. The van der Waals surface area contributed by atoms with Crippen molar-refractivity contribution in [2.45, 2.75) is 33.7 Å². The maximum absolute atomic E-state index is 13.6. The summed E-state index contributed by atoms with van der Waals surface area (Å²) in [6, 6.07) is 1.25. The Morgan fingerprint density at radius 3 is 2.45 bits per heavy atom. The van der Waals surface area contributed by atoms with Crippen LogP contribution in [0.25, 0.3) is 21.3 Å². The molecule has 0 radical (unpaired) electrons. The smallest absolute Gasteiger partial charge is 0.280 e. The summed E-state index contributed by atoms with van der Waals surface area (Å²) in [5.74, 6) is -1.30. The van der Waals surface area contributed by atoms with Gasteiger partial charge in [-0.2, -0.15) is 10.2 Å². The van der Waals surface area contributed by atoms with Crippen molar-refractivity contribution in [3.05, 3.63) is 46.0 Å². The minimum Gasteiger partial charge on any atom is -0.365 e. The number of rotatable bonds is 6. The standard InChI is InChI=1S/C21H21F2N7O2S/c1-5-30-10(3)13(8-26-30)20(32)28-16-15-11(12-7-25-29(4)9(12)2)6-14(18(22)23)27-21(15)33-17(16)19(24)31/h6-8,18H,5H2,1-4H3,(H2,24,31)(H,28,32). The van der Waals surface area contributed by atoms with Gasteiger partial charge in [0.25, 0.3) is 18.2 Å². The first-order valence-electron chi connectivity index (χ1n) is 10.0. The molecule has 3 N–H and O–H groups in total. The Hall–Kier alpha value is -3.67. The van der Waals surface area contributed by atoms with E-state index < -0.39 is 23.9 Å². The molecule has 0 saturated carbocycles. The SMILES string of the molecule is CCn1ncc(C(=O)Nc2c(C(N)=O)sc3nc(C(F)F)cc(-c4cnn(C)c4C)c23)c1C. The summed E-state index contributed by atoms with van der Waals surface area (Å²) in [4.78, 5) is 29.6. The van der Waals surface area contributed by atoms with Crippen LogP contribution in [0.2, 0.25) is 0 Å². The van der Waals surface area contributed by atoms with Gasteiger partial charge < -0.3 is 11.1 Å². The number of hydrogen-bond acceptors (Lipinski definition) is 6. The van der Waals surface area contributed by atoms with Gasteiger partial charge in [0.15, 0.2) is 0 Å². The van der Waals surface area contributed by atoms with E-state index in [2.05, 4.69) is 20.5 Å². The second kappa shape index (κ2) is 8.35. The number of halogens is 2. The summed E-state index contributed by atoms with van der Waals surface area (Å²) in [5.41, 5.74) is 7.90. The summed E-state index contributed by atoms with van der Waals surface area (Å²) in [5, 5.41) is 11.5. The van der Waals surface area contributed by atoms with Crippen molar-refractivity contribution in [1.29, 1.82) is 0 Å². The predicted molar refractivity (Wildman–Crippen MR) is 121 cm³/mol. The molecule has 4 heterocycles. The van der Waals surface area contributed by atoms with Crippen molar-refractivity contribution in [3.63, 3.8) is 0 Å². The number of hydrogen-bond donors (Lipinski definition) is 2. The topological polar surface area (TPSA) is 121 Å². The van der Waals surface area contributed by atoms with Crippen molar-refractivity contribution >= 4 is 39.1 Å². The quantitative estimate of drug-likeness (QED) is 0.441. The predicted octanol–water partition coefficient (Wildman–Crippen LogP) is 3.82. The molecule has 0 saturated heterocycles. The minimum absolute atomic E-state index is 0.0144. The van der Waals surface area contributed by atoms with Crippen LogP contribution in [0, 0.1) is 13.8 Å². The van der Waals surface area contributed by atoms with Crippen LogP contribution in [0.3, 0.4) is 0 Å². The highest BCUT2D eigenvalue weighted by molar-refractivity contribution is 7.21. The number of aromatic nitrogens is 5. The van der Waals surface area contributed by atoms with E-state index in [9.17, 15) is 18.4 Å². The Kier molecular flexibility index (Phi) is 5.70. The van der Waals surface area contributed by atoms with Gasteiger partial charge in [-0.05, 0) is 32.4 Å². The third kappa shape index (κ3) is 3.75. The van der Waals surface area contributed by atoms with Crippen molar-refractivity contribution in [3.8, 4) is 11.1 Å². The molecule has 0 aliphatic heterocycles. The first-order valence-corrected chi connectivity index (χ1v) is 10.8. The third-order valence-electron chi connectivity index (χ3n) is 5.54. The maximum atomic E-state index is 13.6. The zero-order valence-corrected chi connectivity index (χ0v) is 19.1. The Bertz CT molecular complexity index is 1400. The average molecular weight is 474 g/mol. The Balaban J connectivity index is 1.97. The maximum Gasteiger partial charge on any atom is 0.280 e. The van der Waals surface area contributed by atoms with E-state index in [4.69, 9.17) is 5.73 Å². The molecule has 0 aromatic carbocycles. The van der Waals surface area contributed by atoms with E-state index in [1.54, 1.807) is 36.5 Å². The highest BCUT2D eigenvalue weighted by Gasteiger charge is 2.27. The molecule has 0 spiro atoms. The number of carbonyl (C=O) groups excluding carboxylic acids is 2. The largest absolute Gasteiger partial charge is 0.365 e. The molecule has 9 nitrogen and oxygen atoms in total. The van der Waals surface area contributed by atoms with Gasteiger partial charge in [0.2, 0.25) is 0 Å². The Labute approximate surface area is 191 Å². The summed E-state index contributed by atoms with van der Waals surface area (Å²) in [6.07, 6.45) is 0.151. The van der Waals surface area contributed by atoms with Crippen LogP contribution in [0.5, 0.6) is 0 Å². The van der Waals surface area contributed by atoms with Crippen molar-refractivity contribution in [2.24, 2.45) is 12.8 Å². The average Bonchev–Trinajstić information content (AvgIpc) is 3.43. The number of fused-ring (bicyclic) bond motifs is 1. The zero-order chi connectivity index (χ0) is 24.0. The number of pyridine rings is 1. The number of aryl methyl sites for hydroxylation is 2. The van der Waals surface area contributed by atoms with Gasteiger partial charge in [-0.15, -0.1) is 11.3 Å². The number of anilines is 1. The van der Waals surface area contributed by atoms with Crippen LogP contribution in [-0.4, -0.2) is 36.4 Å². The zero-order valence-electron chi connectivity index (χ0n) is 18.3. The molecule has 12 heteroatoms. The van der Waals surface area contributed by atoms with Gasteiger partial charge >= 0.3 is 0 Å². The number of amides is 2. The molecule has 0 aliphatic carbocycles. The molecule has 33 heavy (non-hydrogen) atoms. The Morgan fingerprint density at radius 2 is 1.91 bits per heavy atom. The van der Waals surface area contributed by atoms with E-state index >= 15 is 0 Å². The molecule has 0 bridgehead atoms. The summed E-state index contributed by atoms with van der Waals surface area (Å²) >= 11 is 0.854. The highest BCUT2D eigenvalue weighted by atomic mass is 32.1. The Morgan fingerprint density at radius 1 is 1.18 bits per heavy atom. The fourth-order valence-electron chi connectivity index (χ4n) is 3.67. The number of nitrogens with one attached hydrogen (secondary N) is 1. The summed E-state index contributed by atoms with van der Waals surface area (Å²) in [6.45, 7) is 6.03. The van der Waals surface area contributed by atoms with Crippen LogP contribution in [0.4, 0.5) is 14.5 Å². The van der Waals surface area contributed by atoms with Crippen LogP contribution in [-0.2, 0) is 13.6 Å². The first-order chi connectivity index (χ1) is 15.6. The fraction of sp³-hybridized carbons (Fsp3) is 0.286. The second-order valence-electron chi connectivity index (χ2n) is 7.43. The van der Waals surface area contributed by atoms with E-state index in [1.165, 1.54) is 12.3 Å². The van der Waals surface area contributed by atoms with Gasteiger partial charge in [-0.25, -0.2) is 13.8 Å². The molecule has 0 atom stereocenters. The van der Waals surface area contributed by atoms with Crippen LogP contribution in [0.1, 0.15) is 50.5 Å². The number of nitrogens with zero attached hydrogens (tertiary/aromatic N) is 5. The summed E-state index contributed by atoms with van der Waals surface area (Å²) < 4.78 is 30.5. The number of alkyl halides is 2. The van der Waals surface area contributed by atoms with Crippen LogP contribution in [0.15, 0.2) is 18.5 Å². The second-order valence-corrected chi connectivity index (χ2v) is 8.43. The van der Waals surface area contributed by atoms with Crippen molar-refractivity contribution in [1.82, 2.24) is 24.5 Å². The van der Waals surface area contributed by atoms with Gasteiger partial charge in [0.1, 0.15) is 15.4 Å². The lowest BCUT2D eigenvalue weighted by Gasteiger charge is -2.11.